The lowest BCUT2D eigenvalue weighted by molar-refractivity contribution is -0.137. The molecule has 2 heterocycles. The fourth-order valence-corrected chi connectivity index (χ4v) is 4.69. The van der Waals surface area contributed by atoms with Crippen LogP contribution < -0.4 is 0 Å². The molecule has 1 aromatic rings. The van der Waals surface area contributed by atoms with Crippen molar-refractivity contribution in [3.05, 3.63) is 47.5 Å². The standard InChI is InChI=1S/C26H37NO5/c28-24(22-7-5-6-21(19-22)18-20-13-16-32-17-14-20)11-9-23-10-12-25(29)27(23)15-4-2-1-3-8-26(30)31/h5-7,9,11,19-20,23-24,28H,1-4,8,10,12-18H2,(H,30,31). The van der Waals surface area contributed by atoms with Gasteiger partial charge in [-0.15, -0.1) is 0 Å². The van der Waals surface area contributed by atoms with Crippen LogP contribution in [0.4, 0.5) is 0 Å². The van der Waals surface area contributed by atoms with Crippen LogP contribution in [0.3, 0.4) is 0 Å². The summed E-state index contributed by atoms with van der Waals surface area (Å²) in [7, 11) is 0. The molecule has 6 heteroatoms. The van der Waals surface area contributed by atoms with Crippen molar-refractivity contribution in [1.29, 1.82) is 0 Å². The number of aliphatic carboxylic acids is 1. The van der Waals surface area contributed by atoms with E-state index in [1.807, 2.05) is 29.2 Å². The Morgan fingerprint density at radius 3 is 2.72 bits per heavy atom. The predicted octanol–water partition coefficient (Wildman–Crippen LogP) is 4.27. The molecule has 3 rings (SSSR count). The van der Waals surface area contributed by atoms with Gasteiger partial charge in [0.1, 0.15) is 0 Å². The van der Waals surface area contributed by atoms with Gasteiger partial charge < -0.3 is 19.8 Å². The van der Waals surface area contributed by atoms with Crippen molar-refractivity contribution in [2.24, 2.45) is 5.92 Å². The van der Waals surface area contributed by atoms with Crippen LogP contribution in [0.5, 0.6) is 0 Å². The third kappa shape index (κ3) is 7.75. The van der Waals surface area contributed by atoms with Crippen LogP contribution in [0.2, 0.25) is 0 Å². The van der Waals surface area contributed by atoms with E-state index >= 15 is 0 Å². The molecule has 0 bridgehead atoms. The quantitative estimate of drug-likeness (QED) is 0.372. The molecular weight excluding hydrogens is 406 g/mol. The van der Waals surface area contributed by atoms with Crippen LogP contribution in [-0.4, -0.2) is 52.8 Å². The molecule has 0 radical (unpaired) electrons. The number of carboxylic acid groups (broad SMARTS) is 1. The van der Waals surface area contributed by atoms with E-state index in [4.69, 9.17) is 9.84 Å². The maximum absolute atomic E-state index is 12.3. The number of carbonyl (C=O) groups is 2. The number of unbranched alkanes of at least 4 members (excludes halogenated alkanes) is 3. The lowest BCUT2D eigenvalue weighted by atomic mass is 9.91. The molecule has 2 aliphatic heterocycles. The third-order valence-corrected chi connectivity index (χ3v) is 6.59. The summed E-state index contributed by atoms with van der Waals surface area (Å²) in [5.74, 6) is 0.0598. The molecular formula is C26H37NO5. The van der Waals surface area contributed by atoms with E-state index in [1.165, 1.54) is 5.56 Å². The number of hydrogen-bond donors (Lipinski definition) is 2. The monoisotopic (exact) mass is 443 g/mol. The van der Waals surface area contributed by atoms with E-state index in [2.05, 4.69) is 12.1 Å². The fourth-order valence-electron chi connectivity index (χ4n) is 4.69. The highest BCUT2D eigenvalue weighted by Crippen LogP contribution is 2.25. The van der Waals surface area contributed by atoms with Gasteiger partial charge in [-0.3, -0.25) is 9.59 Å². The Hall–Kier alpha value is -2.18. The topological polar surface area (TPSA) is 87.1 Å². The maximum Gasteiger partial charge on any atom is 0.303 e. The van der Waals surface area contributed by atoms with Gasteiger partial charge in [-0.1, -0.05) is 49.3 Å². The highest BCUT2D eigenvalue weighted by Gasteiger charge is 2.28. The minimum Gasteiger partial charge on any atom is -0.481 e. The van der Waals surface area contributed by atoms with E-state index in [0.29, 0.717) is 25.3 Å². The number of nitrogens with zero attached hydrogens (tertiary/aromatic N) is 1. The van der Waals surface area contributed by atoms with Crippen LogP contribution in [0.25, 0.3) is 0 Å². The second kappa shape index (κ2) is 12.8. The SMILES string of the molecule is O=C(O)CCCCCCN1C(=O)CCC1C=CC(O)c1cccc(CC2CCOCC2)c1. The van der Waals surface area contributed by atoms with Gasteiger partial charge >= 0.3 is 5.97 Å². The summed E-state index contributed by atoms with van der Waals surface area (Å²) in [5, 5.41) is 19.4. The summed E-state index contributed by atoms with van der Waals surface area (Å²) in [6.07, 6.45) is 11.2. The van der Waals surface area contributed by atoms with Crippen LogP contribution in [0.15, 0.2) is 36.4 Å². The first-order valence-electron chi connectivity index (χ1n) is 12.1. The fraction of sp³-hybridized carbons (Fsp3) is 0.615. The maximum atomic E-state index is 12.3. The molecule has 6 nitrogen and oxygen atoms in total. The van der Waals surface area contributed by atoms with Crippen molar-refractivity contribution in [1.82, 2.24) is 4.90 Å². The number of carbonyl (C=O) groups excluding carboxylic acids is 1. The van der Waals surface area contributed by atoms with E-state index in [1.54, 1.807) is 0 Å². The van der Waals surface area contributed by atoms with Gasteiger partial charge in [0.15, 0.2) is 0 Å². The lowest BCUT2D eigenvalue weighted by Gasteiger charge is -2.23. The Labute approximate surface area is 191 Å². The molecule has 2 unspecified atom stereocenters. The number of rotatable bonds is 12. The van der Waals surface area contributed by atoms with Crippen LogP contribution in [-0.2, 0) is 20.7 Å². The van der Waals surface area contributed by atoms with Crippen molar-refractivity contribution in [3.8, 4) is 0 Å². The smallest absolute Gasteiger partial charge is 0.303 e. The van der Waals surface area contributed by atoms with Crippen molar-refractivity contribution in [2.45, 2.75) is 76.4 Å². The van der Waals surface area contributed by atoms with Crippen LogP contribution >= 0.6 is 0 Å². The van der Waals surface area contributed by atoms with E-state index in [-0.39, 0.29) is 18.4 Å². The van der Waals surface area contributed by atoms with E-state index < -0.39 is 12.1 Å². The third-order valence-electron chi connectivity index (χ3n) is 6.59. The molecule has 0 aromatic heterocycles. The average Bonchev–Trinajstić information content (AvgIpc) is 3.14. The molecule has 0 saturated carbocycles. The zero-order chi connectivity index (χ0) is 22.8. The summed E-state index contributed by atoms with van der Waals surface area (Å²) >= 11 is 0. The van der Waals surface area contributed by atoms with E-state index in [0.717, 1.165) is 63.7 Å². The molecule has 0 aliphatic carbocycles. The van der Waals surface area contributed by atoms with Gasteiger partial charge in [0.05, 0.1) is 12.1 Å². The van der Waals surface area contributed by atoms with Crippen molar-refractivity contribution < 1.29 is 24.5 Å². The number of hydrogen-bond acceptors (Lipinski definition) is 4. The molecule has 32 heavy (non-hydrogen) atoms. The van der Waals surface area contributed by atoms with Gasteiger partial charge in [-0.05, 0) is 55.6 Å². The highest BCUT2D eigenvalue weighted by molar-refractivity contribution is 5.79. The number of benzene rings is 1. The minimum atomic E-state index is -0.752. The Balaban J connectivity index is 1.48. The Kier molecular flexibility index (Phi) is 9.75. The second-order valence-electron chi connectivity index (χ2n) is 9.09. The summed E-state index contributed by atoms with van der Waals surface area (Å²) in [5.41, 5.74) is 2.14. The molecule has 2 aliphatic rings. The number of likely N-dealkylation sites (tertiary alicyclic amines) is 1. The number of carboxylic acids is 1. The molecule has 2 N–H and O–H groups in total. The second-order valence-corrected chi connectivity index (χ2v) is 9.09. The molecule has 2 fully saturated rings. The van der Waals surface area contributed by atoms with Gasteiger partial charge in [-0.2, -0.15) is 0 Å². The summed E-state index contributed by atoms with van der Waals surface area (Å²) in [6, 6.07) is 8.22. The highest BCUT2D eigenvalue weighted by atomic mass is 16.5. The molecule has 0 spiro atoms. The van der Waals surface area contributed by atoms with Gasteiger partial charge in [0, 0.05) is 32.6 Å². The predicted molar refractivity (Wildman–Crippen MR) is 123 cm³/mol. The molecule has 1 amide bonds. The zero-order valence-corrected chi connectivity index (χ0v) is 19.0. The van der Waals surface area contributed by atoms with Gasteiger partial charge in [-0.25, -0.2) is 0 Å². The Morgan fingerprint density at radius 1 is 1.16 bits per heavy atom. The van der Waals surface area contributed by atoms with Crippen molar-refractivity contribution in [3.63, 3.8) is 0 Å². The first kappa shape index (κ1) is 24.5. The summed E-state index contributed by atoms with van der Waals surface area (Å²) in [6.45, 7) is 2.38. The molecule has 2 atom stereocenters. The number of aliphatic hydroxyl groups excluding tert-OH is 1. The van der Waals surface area contributed by atoms with E-state index in [9.17, 15) is 14.7 Å². The van der Waals surface area contributed by atoms with Crippen molar-refractivity contribution in [2.75, 3.05) is 19.8 Å². The number of ether oxygens (including phenoxy) is 1. The van der Waals surface area contributed by atoms with Gasteiger partial charge in [0.2, 0.25) is 5.91 Å². The number of aliphatic hydroxyl groups is 1. The van der Waals surface area contributed by atoms with Crippen molar-refractivity contribution >= 4 is 11.9 Å². The average molecular weight is 444 g/mol. The summed E-state index contributed by atoms with van der Waals surface area (Å²) in [4.78, 5) is 24.8. The largest absolute Gasteiger partial charge is 0.481 e. The minimum absolute atomic E-state index is 0.0293. The Morgan fingerprint density at radius 2 is 1.94 bits per heavy atom. The molecule has 2 saturated heterocycles. The first-order chi connectivity index (χ1) is 15.5. The van der Waals surface area contributed by atoms with Crippen LogP contribution in [0, 0.1) is 5.92 Å². The first-order valence-corrected chi connectivity index (χ1v) is 12.1. The lowest BCUT2D eigenvalue weighted by Crippen LogP contribution is -2.32. The normalized spacial score (nSPS) is 20.8. The zero-order valence-electron chi connectivity index (χ0n) is 19.0. The summed E-state index contributed by atoms with van der Waals surface area (Å²) < 4.78 is 5.45. The molecule has 1 aromatic carbocycles. The number of amides is 1. The van der Waals surface area contributed by atoms with Gasteiger partial charge in [0.25, 0.3) is 0 Å². The van der Waals surface area contributed by atoms with Crippen LogP contribution in [0.1, 0.15) is 75.0 Å². The molecule has 176 valence electrons. The Bertz CT molecular complexity index is 771.